The summed E-state index contributed by atoms with van der Waals surface area (Å²) < 4.78 is 2.24. The van der Waals surface area contributed by atoms with Crippen LogP contribution < -0.4 is 16.6 Å². The molecule has 1 amide bonds. The van der Waals surface area contributed by atoms with Crippen molar-refractivity contribution in [2.45, 2.75) is 5.03 Å². The van der Waals surface area contributed by atoms with Crippen LogP contribution in [0, 0.1) is 10.1 Å². The molecule has 0 unspecified atom stereocenters. The zero-order valence-electron chi connectivity index (χ0n) is 17.3. The van der Waals surface area contributed by atoms with Crippen LogP contribution in [0.3, 0.4) is 0 Å². The SMILES string of the molecule is Cn1c(=O)c2c(SCC(=O)Nc3ccc([N+](=O)[O-])cc3)nc(-c3cccs3)nc2n(C)c1=O. The number of nitrogens with zero attached hydrogens (tertiary/aromatic N) is 5. The van der Waals surface area contributed by atoms with E-state index in [1.54, 1.807) is 0 Å². The number of thioether (sulfide) groups is 1. The van der Waals surface area contributed by atoms with Gasteiger partial charge in [-0.05, 0) is 23.6 Å². The maximum atomic E-state index is 12.8. The van der Waals surface area contributed by atoms with Crippen molar-refractivity contribution in [2.75, 3.05) is 11.1 Å². The molecule has 11 nitrogen and oxygen atoms in total. The molecule has 0 saturated heterocycles. The van der Waals surface area contributed by atoms with Gasteiger partial charge in [0.25, 0.3) is 11.2 Å². The topological polar surface area (TPSA) is 142 Å². The van der Waals surface area contributed by atoms with Crippen molar-refractivity contribution < 1.29 is 9.72 Å². The van der Waals surface area contributed by atoms with E-state index in [0.717, 1.165) is 21.2 Å². The van der Waals surface area contributed by atoms with Crippen molar-refractivity contribution in [1.29, 1.82) is 0 Å². The van der Waals surface area contributed by atoms with Gasteiger partial charge in [-0.15, -0.1) is 11.3 Å². The number of carbonyl (C=O) groups is 1. The fourth-order valence-corrected chi connectivity index (χ4v) is 4.52. The third kappa shape index (κ3) is 4.40. The first-order valence-corrected chi connectivity index (χ1v) is 11.3. The van der Waals surface area contributed by atoms with E-state index in [2.05, 4.69) is 15.3 Å². The molecule has 0 saturated carbocycles. The Bertz CT molecular complexity index is 1490. The molecule has 13 heteroatoms. The minimum Gasteiger partial charge on any atom is -0.325 e. The molecule has 0 fully saturated rings. The second-order valence-electron chi connectivity index (χ2n) is 6.87. The number of nitro benzene ring substituents is 1. The predicted molar refractivity (Wildman–Crippen MR) is 126 cm³/mol. The highest BCUT2D eigenvalue weighted by atomic mass is 32.2. The molecule has 0 aliphatic rings. The van der Waals surface area contributed by atoms with Crippen LogP contribution in [0.2, 0.25) is 0 Å². The molecular weight excluding hydrogens is 468 g/mol. The van der Waals surface area contributed by atoms with E-state index in [4.69, 9.17) is 0 Å². The average Bonchev–Trinajstić information content (AvgIpc) is 3.35. The number of thiophene rings is 1. The van der Waals surface area contributed by atoms with Crippen molar-refractivity contribution in [3.05, 3.63) is 72.7 Å². The summed E-state index contributed by atoms with van der Waals surface area (Å²) in [7, 11) is 2.89. The Morgan fingerprint density at radius 1 is 1.15 bits per heavy atom. The fraction of sp³-hybridized carbons (Fsp3) is 0.150. The Hall–Kier alpha value is -3.84. The minimum atomic E-state index is -0.552. The molecule has 0 radical (unpaired) electrons. The summed E-state index contributed by atoms with van der Waals surface area (Å²) in [5.41, 5.74) is -0.576. The fourth-order valence-electron chi connectivity index (χ4n) is 3.05. The van der Waals surface area contributed by atoms with Crippen molar-refractivity contribution in [3.8, 4) is 10.7 Å². The van der Waals surface area contributed by atoms with Gasteiger partial charge in [0, 0.05) is 31.9 Å². The summed E-state index contributed by atoms with van der Waals surface area (Å²) in [5.74, 6) is -0.127. The van der Waals surface area contributed by atoms with Crippen molar-refractivity contribution in [1.82, 2.24) is 19.1 Å². The smallest absolute Gasteiger partial charge is 0.325 e. The standard InChI is InChI=1S/C20H16N6O5S2/c1-24-17-15(19(28)25(2)20(24)29)18(23-16(22-17)13-4-3-9-32-13)33-10-14(27)21-11-5-7-12(8-6-11)26(30)31/h3-9H,10H2,1-2H3,(H,21,27). The van der Waals surface area contributed by atoms with E-state index in [1.807, 2.05) is 17.5 Å². The normalized spacial score (nSPS) is 11.0. The maximum absolute atomic E-state index is 12.8. The largest absolute Gasteiger partial charge is 0.332 e. The quantitative estimate of drug-likeness (QED) is 0.190. The molecule has 168 valence electrons. The lowest BCUT2D eigenvalue weighted by Crippen LogP contribution is -2.37. The summed E-state index contributed by atoms with van der Waals surface area (Å²) in [5, 5.41) is 15.7. The number of amides is 1. The molecule has 0 aliphatic carbocycles. The van der Waals surface area contributed by atoms with Crippen molar-refractivity contribution in [3.63, 3.8) is 0 Å². The predicted octanol–water partition coefficient (Wildman–Crippen LogP) is 2.39. The van der Waals surface area contributed by atoms with Gasteiger partial charge in [-0.3, -0.25) is 28.8 Å². The number of benzene rings is 1. The minimum absolute atomic E-state index is 0.0843. The van der Waals surface area contributed by atoms with Gasteiger partial charge >= 0.3 is 5.69 Å². The van der Waals surface area contributed by atoms with Crippen molar-refractivity contribution >= 4 is 51.4 Å². The van der Waals surface area contributed by atoms with Crippen LogP contribution in [0.4, 0.5) is 11.4 Å². The van der Waals surface area contributed by atoms with Crippen LogP contribution in [0.1, 0.15) is 0 Å². The van der Waals surface area contributed by atoms with Gasteiger partial charge in [-0.25, -0.2) is 14.8 Å². The van der Waals surface area contributed by atoms with E-state index >= 15 is 0 Å². The average molecular weight is 485 g/mol. The van der Waals surface area contributed by atoms with E-state index in [1.165, 1.54) is 54.3 Å². The number of anilines is 1. The van der Waals surface area contributed by atoms with Crippen LogP contribution >= 0.6 is 23.1 Å². The van der Waals surface area contributed by atoms with Crippen LogP contribution in [-0.4, -0.2) is 35.7 Å². The third-order valence-corrected chi connectivity index (χ3v) is 6.55. The van der Waals surface area contributed by atoms with Gasteiger partial charge < -0.3 is 5.32 Å². The van der Waals surface area contributed by atoms with E-state index in [-0.39, 0.29) is 33.4 Å². The lowest BCUT2D eigenvalue weighted by Gasteiger charge is -2.11. The van der Waals surface area contributed by atoms with E-state index < -0.39 is 16.2 Å². The van der Waals surface area contributed by atoms with Gasteiger partial charge in [0.1, 0.15) is 10.4 Å². The van der Waals surface area contributed by atoms with E-state index in [0.29, 0.717) is 11.5 Å². The van der Waals surface area contributed by atoms with Crippen LogP contribution in [0.15, 0.2) is 56.4 Å². The first-order valence-electron chi connectivity index (χ1n) is 9.45. The maximum Gasteiger partial charge on any atom is 0.332 e. The van der Waals surface area contributed by atoms with Gasteiger partial charge in [-0.1, -0.05) is 17.8 Å². The van der Waals surface area contributed by atoms with Gasteiger partial charge in [0.2, 0.25) is 5.91 Å². The van der Waals surface area contributed by atoms with Gasteiger partial charge in [0.05, 0.1) is 15.6 Å². The number of fused-ring (bicyclic) bond motifs is 1. The highest BCUT2D eigenvalue weighted by molar-refractivity contribution is 8.00. The molecule has 4 rings (SSSR count). The number of carbonyl (C=O) groups excluding carboxylic acids is 1. The highest BCUT2D eigenvalue weighted by Crippen LogP contribution is 2.28. The molecule has 4 aromatic rings. The first-order chi connectivity index (χ1) is 15.8. The number of nitrogens with one attached hydrogen (secondary N) is 1. The Morgan fingerprint density at radius 3 is 2.52 bits per heavy atom. The molecule has 0 aliphatic heterocycles. The lowest BCUT2D eigenvalue weighted by molar-refractivity contribution is -0.384. The van der Waals surface area contributed by atoms with Crippen LogP contribution in [0.5, 0.6) is 0 Å². The van der Waals surface area contributed by atoms with Crippen molar-refractivity contribution in [2.24, 2.45) is 14.1 Å². The second kappa shape index (κ2) is 8.96. The number of rotatable bonds is 6. The Balaban J connectivity index is 1.67. The zero-order valence-corrected chi connectivity index (χ0v) is 19.0. The Labute approximate surface area is 193 Å². The number of non-ortho nitro benzene ring substituents is 1. The molecule has 0 spiro atoms. The summed E-state index contributed by atoms with van der Waals surface area (Å²) in [6, 6.07) is 9.10. The third-order valence-electron chi connectivity index (χ3n) is 4.71. The monoisotopic (exact) mass is 484 g/mol. The molecule has 0 atom stereocenters. The summed E-state index contributed by atoms with van der Waals surface area (Å²) in [6.07, 6.45) is 0. The van der Waals surface area contributed by atoms with E-state index in [9.17, 15) is 24.5 Å². The van der Waals surface area contributed by atoms with Crippen LogP contribution in [-0.2, 0) is 18.9 Å². The Morgan fingerprint density at radius 2 is 1.88 bits per heavy atom. The Kier molecular flexibility index (Phi) is 6.07. The van der Waals surface area contributed by atoms with Gasteiger partial charge in [-0.2, -0.15) is 0 Å². The number of nitro groups is 1. The zero-order chi connectivity index (χ0) is 23.7. The molecule has 3 heterocycles. The summed E-state index contributed by atoms with van der Waals surface area (Å²) in [6.45, 7) is 0. The second-order valence-corrected chi connectivity index (χ2v) is 8.79. The number of hydrogen-bond acceptors (Lipinski definition) is 9. The molecule has 3 aromatic heterocycles. The molecule has 1 N–H and O–H groups in total. The number of hydrogen-bond donors (Lipinski definition) is 1. The number of aryl methyl sites for hydroxylation is 1. The highest BCUT2D eigenvalue weighted by Gasteiger charge is 2.19. The van der Waals surface area contributed by atoms with Gasteiger partial charge in [0.15, 0.2) is 11.5 Å². The first kappa shape index (κ1) is 22.4. The molecule has 1 aromatic carbocycles. The van der Waals surface area contributed by atoms with Crippen LogP contribution in [0.25, 0.3) is 21.7 Å². The summed E-state index contributed by atoms with van der Waals surface area (Å²) >= 11 is 2.45. The molecule has 0 bridgehead atoms. The molecular formula is C20H16N6O5S2. The number of aromatic nitrogens is 4. The molecule has 33 heavy (non-hydrogen) atoms. The lowest BCUT2D eigenvalue weighted by atomic mass is 10.3. The summed E-state index contributed by atoms with van der Waals surface area (Å²) in [4.78, 5) is 57.7.